The Bertz CT molecular complexity index is 649. The number of ether oxygens (including phenoxy) is 1. The summed E-state index contributed by atoms with van der Waals surface area (Å²) in [4.78, 5) is 0. The molecule has 2 aromatic carbocycles. The quantitative estimate of drug-likeness (QED) is 0.500. The SMILES string of the molecule is Cc1cccc(COc2ccc(Br)cc2CNCCCNCCO)c1. The molecule has 0 bridgehead atoms. The minimum absolute atomic E-state index is 0.188. The lowest BCUT2D eigenvalue weighted by Crippen LogP contribution is -2.24. The van der Waals surface area contributed by atoms with Crippen LogP contribution in [0.4, 0.5) is 0 Å². The van der Waals surface area contributed by atoms with Gasteiger partial charge in [-0.3, -0.25) is 0 Å². The van der Waals surface area contributed by atoms with Crippen molar-refractivity contribution in [1.82, 2.24) is 10.6 Å². The first-order valence-corrected chi connectivity index (χ1v) is 9.47. The predicted molar refractivity (Wildman–Crippen MR) is 106 cm³/mol. The molecule has 0 saturated carbocycles. The molecule has 0 spiro atoms. The molecule has 2 rings (SSSR count). The van der Waals surface area contributed by atoms with Crippen molar-refractivity contribution in [3.05, 3.63) is 63.6 Å². The third kappa shape index (κ3) is 7.57. The van der Waals surface area contributed by atoms with Gasteiger partial charge in [0.15, 0.2) is 0 Å². The van der Waals surface area contributed by atoms with Crippen LogP contribution in [0.2, 0.25) is 0 Å². The van der Waals surface area contributed by atoms with Crippen LogP contribution in [0.1, 0.15) is 23.1 Å². The van der Waals surface area contributed by atoms with Crippen molar-refractivity contribution in [3.63, 3.8) is 0 Å². The second-order valence-electron chi connectivity index (χ2n) is 6.03. The molecule has 0 radical (unpaired) electrons. The van der Waals surface area contributed by atoms with Crippen molar-refractivity contribution in [2.45, 2.75) is 26.5 Å². The van der Waals surface area contributed by atoms with E-state index in [1.54, 1.807) is 0 Å². The molecule has 0 aliphatic heterocycles. The number of hydrogen-bond donors (Lipinski definition) is 3. The van der Waals surface area contributed by atoms with Crippen LogP contribution >= 0.6 is 15.9 Å². The van der Waals surface area contributed by atoms with Crippen LogP contribution in [-0.2, 0) is 13.2 Å². The molecular weight excluding hydrogens is 380 g/mol. The fourth-order valence-corrected chi connectivity index (χ4v) is 2.96. The standard InChI is InChI=1S/C20H27BrN2O2/c1-16-4-2-5-17(12-16)15-25-20-7-6-19(21)13-18(20)14-23-9-3-8-22-10-11-24/h2,4-7,12-13,22-24H,3,8-11,14-15H2,1H3. The lowest BCUT2D eigenvalue weighted by atomic mass is 10.1. The van der Waals surface area contributed by atoms with Crippen LogP contribution in [0.15, 0.2) is 46.9 Å². The number of nitrogens with one attached hydrogen (secondary N) is 2. The minimum atomic E-state index is 0.188. The minimum Gasteiger partial charge on any atom is -0.489 e. The Labute approximate surface area is 158 Å². The molecule has 0 saturated heterocycles. The third-order valence-electron chi connectivity index (χ3n) is 3.81. The van der Waals surface area contributed by atoms with Crippen LogP contribution in [0.25, 0.3) is 0 Å². The van der Waals surface area contributed by atoms with E-state index in [0.29, 0.717) is 13.2 Å². The van der Waals surface area contributed by atoms with Gasteiger partial charge in [-0.05, 0) is 50.2 Å². The fraction of sp³-hybridized carbons (Fsp3) is 0.400. The second kappa shape index (κ2) is 11.3. The first kappa shape index (κ1) is 19.9. The summed E-state index contributed by atoms with van der Waals surface area (Å²) in [6.45, 7) is 6.10. The predicted octanol–water partition coefficient (Wildman–Crippen LogP) is 3.40. The molecule has 136 valence electrons. The number of halogens is 1. The van der Waals surface area contributed by atoms with Crippen LogP contribution in [0.5, 0.6) is 5.75 Å². The van der Waals surface area contributed by atoms with E-state index in [0.717, 1.165) is 41.8 Å². The number of aliphatic hydroxyl groups excluding tert-OH is 1. The van der Waals surface area contributed by atoms with E-state index in [4.69, 9.17) is 9.84 Å². The van der Waals surface area contributed by atoms with Crippen molar-refractivity contribution in [2.24, 2.45) is 0 Å². The first-order valence-electron chi connectivity index (χ1n) is 8.68. The Morgan fingerprint density at radius 1 is 1.04 bits per heavy atom. The fourth-order valence-electron chi connectivity index (χ4n) is 2.56. The van der Waals surface area contributed by atoms with Crippen LogP contribution in [0.3, 0.4) is 0 Å². The van der Waals surface area contributed by atoms with Gasteiger partial charge in [0.05, 0.1) is 6.61 Å². The average molecular weight is 407 g/mol. The molecule has 0 unspecified atom stereocenters. The number of aliphatic hydroxyl groups is 1. The molecular formula is C20H27BrN2O2. The van der Waals surface area contributed by atoms with E-state index < -0.39 is 0 Å². The highest BCUT2D eigenvalue weighted by molar-refractivity contribution is 9.10. The molecule has 0 aliphatic carbocycles. The van der Waals surface area contributed by atoms with Crippen LogP contribution in [-0.4, -0.2) is 31.3 Å². The van der Waals surface area contributed by atoms with Crippen molar-refractivity contribution >= 4 is 15.9 Å². The molecule has 5 heteroatoms. The van der Waals surface area contributed by atoms with Crippen molar-refractivity contribution in [1.29, 1.82) is 0 Å². The largest absolute Gasteiger partial charge is 0.489 e. The Morgan fingerprint density at radius 2 is 1.88 bits per heavy atom. The zero-order chi connectivity index (χ0) is 17.9. The molecule has 0 aromatic heterocycles. The Balaban J connectivity index is 1.84. The molecule has 0 atom stereocenters. The molecule has 2 aromatic rings. The summed E-state index contributed by atoms with van der Waals surface area (Å²) in [6, 6.07) is 14.5. The third-order valence-corrected chi connectivity index (χ3v) is 4.30. The molecule has 3 N–H and O–H groups in total. The van der Waals surface area contributed by atoms with Crippen LogP contribution < -0.4 is 15.4 Å². The smallest absolute Gasteiger partial charge is 0.124 e. The van der Waals surface area contributed by atoms with E-state index in [2.05, 4.69) is 63.8 Å². The molecule has 0 aliphatic rings. The number of aryl methyl sites for hydroxylation is 1. The summed E-state index contributed by atoms with van der Waals surface area (Å²) in [6.07, 6.45) is 1.02. The number of hydrogen-bond acceptors (Lipinski definition) is 4. The maximum Gasteiger partial charge on any atom is 0.124 e. The summed E-state index contributed by atoms with van der Waals surface area (Å²) in [5, 5.41) is 15.4. The molecule has 4 nitrogen and oxygen atoms in total. The summed E-state index contributed by atoms with van der Waals surface area (Å²) in [5.74, 6) is 0.913. The number of rotatable bonds is 11. The summed E-state index contributed by atoms with van der Waals surface area (Å²) < 4.78 is 7.09. The Morgan fingerprint density at radius 3 is 2.68 bits per heavy atom. The van der Waals surface area contributed by atoms with Gasteiger partial charge >= 0.3 is 0 Å². The lowest BCUT2D eigenvalue weighted by Gasteiger charge is -2.13. The maximum absolute atomic E-state index is 8.73. The Hall–Kier alpha value is -1.40. The summed E-state index contributed by atoms with van der Waals surface area (Å²) in [7, 11) is 0. The zero-order valence-electron chi connectivity index (χ0n) is 14.7. The summed E-state index contributed by atoms with van der Waals surface area (Å²) >= 11 is 3.54. The highest BCUT2D eigenvalue weighted by atomic mass is 79.9. The van der Waals surface area contributed by atoms with Crippen molar-refractivity contribution in [3.8, 4) is 5.75 Å². The lowest BCUT2D eigenvalue weighted by molar-refractivity contribution is 0.292. The highest BCUT2D eigenvalue weighted by Crippen LogP contribution is 2.24. The van der Waals surface area contributed by atoms with E-state index in [9.17, 15) is 0 Å². The molecule has 25 heavy (non-hydrogen) atoms. The Kier molecular flexibility index (Phi) is 8.97. The normalized spacial score (nSPS) is 10.8. The van der Waals surface area contributed by atoms with E-state index in [1.165, 1.54) is 11.1 Å². The van der Waals surface area contributed by atoms with Gasteiger partial charge < -0.3 is 20.5 Å². The van der Waals surface area contributed by atoms with Crippen molar-refractivity contribution in [2.75, 3.05) is 26.2 Å². The van der Waals surface area contributed by atoms with Gasteiger partial charge in [-0.1, -0.05) is 45.8 Å². The van der Waals surface area contributed by atoms with Gasteiger partial charge in [-0.15, -0.1) is 0 Å². The second-order valence-corrected chi connectivity index (χ2v) is 6.95. The highest BCUT2D eigenvalue weighted by Gasteiger charge is 2.05. The van der Waals surface area contributed by atoms with E-state index >= 15 is 0 Å². The van der Waals surface area contributed by atoms with Gasteiger partial charge in [0.25, 0.3) is 0 Å². The van der Waals surface area contributed by atoms with Gasteiger partial charge in [0, 0.05) is 23.1 Å². The maximum atomic E-state index is 8.73. The summed E-state index contributed by atoms with van der Waals surface area (Å²) in [5.41, 5.74) is 3.57. The topological polar surface area (TPSA) is 53.5 Å². The monoisotopic (exact) mass is 406 g/mol. The van der Waals surface area contributed by atoms with Gasteiger partial charge in [-0.2, -0.15) is 0 Å². The van der Waals surface area contributed by atoms with Gasteiger partial charge in [0.1, 0.15) is 12.4 Å². The first-order chi connectivity index (χ1) is 12.2. The van der Waals surface area contributed by atoms with Crippen molar-refractivity contribution < 1.29 is 9.84 Å². The van der Waals surface area contributed by atoms with Gasteiger partial charge in [-0.25, -0.2) is 0 Å². The number of benzene rings is 2. The molecule has 0 amide bonds. The van der Waals surface area contributed by atoms with Crippen LogP contribution in [0, 0.1) is 6.92 Å². The van der Waals surface area contributed by atoms with Gasteiger partial charge in [0.2, 0.25) is 0 Å². The molecule has 0 heterocycles. The zero-order valence-corrected chi connectivity index (χ0v) is 16.3. The average Bonchev–Trinajstić information content (AvgIpc) is 2.60. The van der Waals surface area contributed by atoms with E-state index in [1.807, 2.05) is 12.1 Å². The van der Waals surface area contributed by atoms with E-state index in [-0.39, 0.29) is 6.61 Å². The molecule has 0 fully saturated rings.